The lowest BCUT2D eigenvalue weighted by atomic mass is 10.1. The fraction of sp³-hybridized carbons (Fsp3) is 0.300. The second-order valence-electron chi connectivity index (χ2n) is 2.99. The molecule has 78 valence electrons. The zero-order valence-corrected chi connectivity index (χ0v) is 8.54. The average molecular weight is 205 g/mol. The van der Waals surface area contributed by atoms with E-state index in [0.717, 1.165) is 5.56 Å². The molecular formula is C10H11N3O2. The predicted molar refractivity (Wildman–Crippen MR) is 55.3 cm³/mol. The molecule has 1 unspecified atom stereocenters. The van der Waals surface area contributed by atoms with Crippen molar-refractivity contribution in [2.24, 2.45) is 5.11 Å². The molecule has 1 atom stereocenters. The van der Waals surface area contributed by atoms with Crippen LogP contribution >= 0.6 is 0 Å². The third kappa shape index (κ3) is 2.72. The minimum Gasteiger partial charge on any atom is -0.465 e. The Bertz CT molecular complexity index is 394. The summed E-state index contributed by atoms with van der Waals surface area (Å²) in [6, 6.07) is 6.54. The van der Waals surface area contributed by atoms with Crippen molar-refractivity contribution < 1.29 is 9.53 Å². The molecule has 0 aromatic heterocycles. The fourth-order valence-electron chi connectivity index (χ4n) is 1.16. The number of ether oxygens (including phenoxy) is 1. The molecule has 0 amide bonds. The highest BCUT2D eigenvalue weighted by atomic mass is 16.5. The van der Waals surface area contributed by atoms with E-state index in [0.29, 0.717) is 5.56 Å². The minimum absolute atomic E-state index is 0.235. The molecule has 1 aromatic rings. The van der Waals surface area contributed by atoms with Gasteiger partial charge in [0.05, 0.1) is 18.7 Å². The Morgan fingerprint density at radius 3 is 2.53 bits per heavy atom. The van der Waals surface area contributed by atoms with Crippen molar-refractivity contribution in [3.63, 3.8) is 0 Å². The molecule has 0 aliphatic rings. The quantitative estimate of drug-likeness (QED) is 0.329. The zero-order valence-electron chi connectivity index (χ0n) is 8.54. The number of nitrogens with zero attached hydrogens (tertiary/aromatic N) is 3. The minimum atomic E-state index is -0.377. The normalized spacial score (nSPS) is 11.3. The highest BCUT2D eigenvalue weighted by molar-refractivity contribution is 5.89. The molecule has 0 bridgehead atoms. The SMILES string of the molecule is COC(=O)c1ccc(C(C)N=[N+]=[N-])cc1. The lowest BCUT2D eigenvalue weighted by molar-refractivity contribution is 0.0600. The summed E-state index contributed by atoms with van der Waals surface area (Å²) < 4.78 is 4.56. The zero-order chi connectivity index (χ0) is 11.3. The third-order valence-corrected chi connectivity index (χ3v) is 2.04. The van der Waals surface area contributed by atoms with Gasteiger partial charge in [-0.2, -0.15) is 0 Å². The van der Waals surface area contributed by atoms with Crippen molar-refractivity contribution in [1.82, 2.24) is 0 Å². The summed E-state index contributed by atoms with van der Waals surface area (Å²) in [5, 5.41) is 3.55. The van der Waals surface area contributed by atoms with E-state index < -0.39 is 0 Å². The first kappa shape index (κ1) is 11.1. The van der Waals surface area contributed by atoms with Crippen LogP contribution in [0.3, 0.4) is 0 Å². The summed E-state index contributed by atoms with van der Waals surface area (Å²) in [6.07, 6.45) is 0. The van der Waals surface area contributed by atoms with Crippen molar-refractivity contribution in [3.05, 3.63) is 45.8 Å². The molecule has 0 N–H and O–H groups in total. The van der Waals surface area contributed by atoms with Gasteiger partial charge in [0.2, 0.25) is 0 Å². The van der Waals surface area contributed by atoms with E-state index in [2.05, 4.69) is 14.8 Å². The maximum Gasteiger partial charge on any atom is 0.337 e. The summed E-state index contributed by atoms with van der Waals surface area (Å²) >= 11 is 0. The van der Waals surface area contributed by atoms with Gasteiger partial charge < -0.3 is 4.74 Å². The Hall–Kier alpha value is -2.00. The maximum absolute atomic E-state index is 11.1. The van der Waals surface area contributed by atoms with Crippen molar-refractivity contribution >= 4 is 5.97 Å². The molecular weight excluding hydrogens is 194 g/mol. The van der Waals surface area contributed by atoms with E-state index in [-0.39, 0.29) is 12.0 Å². The van der Waals surface area contributed by atoms with E-state index in [1.54, 1.807) is 31.2 Å². The van der Waals surface area contributed by atoms with Crippen LogP contribution in [0.5, 0.6) is 0 Å². The van der Waals surface area contributed by atoms with Gasteiger partial charge in [0, 0.05) is 4.91 Å². The second-order valence-corrected chi connectivity index (χ2v) is 2.99. The molecule has 15 heavy (non-hydrogen) atoms. The molecule has 0 heterocycles. The topological polar surface area (TPSA) is 75.1 Å². The second kappa shape index (κ2) is 5.02. The fourth-order valence-corrected chi connectivity index (χ4v) is 1.16. The monoisotopic (exact) mass is 205 g/mol. The van der Waals surface area contributed by atoms with Crippen molar-refractivity contribution in [2.75, 3.05) is 7.11 Å². The van der Waals surface area contributed by atoms with E-state index in [1.807, 2.05) is 0 Å². The van der Waals surface area contributed by atoms with Crippen molar-refractivity contribution in [1.29, 1.82) is 0 Å². The highest BCUT2D eigenvalue weighted by Gasteiger charge is 2.06. The Kier molecular flexibility index (Phi) is 3.71. The maximum atomic E-state index is 11.1. The molecule has 0 fully saturated rings. The van der Waals surface area contributed by atoms with E-state index in [9.17, 15) is 4.79 Å². The van der Waals surface area contributed by atoms with Gasteiger partial charge >= 0.3 is 5.97 Å². The smallest absolute Gasteiger partial charge is 0.337 e. The Labute approximate surface area is 87.3 Å². The van der Waals surface area contributed by atoms with E-state index in [1.165, 1.54) is 7.11 Å². The van der Waals surface area contributed by atoms with Crippen LogP contribution in [-0.4, -0.2) is 13.1 Å². The number of benzene rings is 1. The number of esters is 1. The van der Waals surface area contributed by atoms with Crippen LogP contribution in [0.25, 0.3) is 10.4 Å². The van der Waals surface area contributed by atoms with Crippen LogP contribution in [0, 0.1) is 0 Å². The van der Waals surface area contributed by atoms with Crippen LogP contribution in [0.1, 0.15) is 28.9 Å². The van der Waals surface area contributed by atoms with Crippen LogP contribution < -0.4 is 0 Å². The standard InChI is InChI=1S/C10H11N3O2/c1-7(12-13-11)8-3-5-9(6-4-8)10(14)15-2/h3-7H,1-2H3. The number of carbonyl (C=O) groups is 1. The van der Waals surface area contributed by atoms with Crippen LogP contribution in [0.2, 0.25) is 0 Å². The number of hydrogen-bond acceptors (Lipinski definition) is 3. The molecule has 0 saturated heterocycles. The summed E-state index contributed by atoms with van der Waals surface area (Å²) in [4.78, 5) is 13.8. The van der Waals surface area contributed by atoms with Crippen LogP contribution in [-0.2, 0) is 4.74 Å². The van der Waals surface area contributed by atoms with Gasteiger partial charge in [0.25, 0.3) is 0 Å². The van der Waals surface area contributed by atoms with Crippen molar-refractivity contribution in [2.45, 2.75) is 13.0 Å². The molecule has 5 nitrogen and oxygen atoms in total. The predicted octanol–water partition coefficient (Wildman–Crippen LogP) is 2.84. The van der Waals surface area contributed by atoms with Gasteiger partial charge in [-0.15, -0.1) is 0 Å². The molecule has 0 aliphatic heterocycles. The van der Waals surface area contributed by atoms with E-state index in [4.69, 9.17) is 5.53 Å². The number of hydrogen-bond donors (Lipinski definition) is 0. The van der Waals surface area contributed by atoms with Gasteiger partial charge in [-0.1, -0.05) is 24.2 Å². The third-order valence-electron chi connectivity index (χ3n) is 2.04. The summed E-state index contributed by atoms with van der Waals surface area (Å²) in [5.74, 6) is -0.377. The lowest BCUT2D eigenvalue weighted by Gasteiger charge is -2.05. The van der Waals surface area contributed by atoms with Gasteiger partial charge in [-0.3, -0.25) is 0 Å². The molecule has 0 saturated carbocycles. The molecule has 5 heteroatoms. The Balaban J connectivity index is 2.89. The molecule has 0 aliphatic carbocycles. The first-order valence-corrected chi connectivity index (χ1v) is 4.41. The number of rotatable bonds is 3. The van der Waals surface area contributed by atoms with E-state index >= 15 is 0 Å². The molecule has 1 rings (SSSR count). The van der Waals surface area contributed by atoms with Gasteiger partial charge in [0.15, 0.2) is 0 Å². The van der Waals surface area contributed by atoms with Gasteiger partial charge in [0.1, 0.15) is 0 Å². The average Bonchev–Trinajstić information content (AvgIpc) is 2.28. The number of azide groups is 1. The van der Waals surface area contributed by atoms with Crippen LogP contribution in [0.4, 0.5) is 0 Å². The summed E-state index contributed by atoms with van der Waals surface area (Å²) in [5.41, 5.74) is 9.61. The first-order valence-electron chi connectivity index (χ1n) is 4.41. The number of methoxy groups -OCH3 is 1. The van der Waals surface area contributed by atoms with Gasteiger partial charge in [-0.05, 0) is 23.2 Å². The lowest BCUT2D eigenvalue weighted by Crippen LogP contribution is -2.01. The first-order chi connectivity index (χ1) is 7.19. The van der Waals surface area contributed by atoms with Crippen LogP contribution in [0.15, 0.2) is 29.4 Å². The Morgan fingerprint density at radius 2 is 2.07 bits per heavy atom. The number of carbonyl (C=O) groups excluding carboxylic acids is 1. The summed E-state index contributed by atoms with van der Waals surface area (Å²) in [7, 11) is 1.33. The highest BCUT2D eigenvalue weighted by Crippen LogP contribution is 2.17. The summed E-state index contributed by atoms with van der Waals surface area (Å²) in [6.45, 7) is 1.78. The Morgan fingerprint density at radius 1 is 1.47 bits per heavy atom. The largest absolute Gasteiger partial charge is 0.465 e. The van der Waals surface area contributed by atoms with Crippen molar-refractivity contribution in [3.8, 4) is 0 Å². The molecule has 0 spiro atoms. The van der Waals surface area contributed by atoms with Gasteiger partial charge in [-0.25, -0.2) is 4.79 Å². The molecule has 0 radical (unpaired) electrons. The molecule has 1 aromatic carbocycles.